The molecule has 2 fully saturated rings. The van der Waals surface area contributed by atoms with E-state index in [0.29, 0.717) is 25.0 Å². The lowest BCUT2D eigenvalue weighted by molar-refractivity contribution is -0.136. The van der Waals surface area contributed by atoms with Gasteiger partial charge in [-0.25, -0.2) is 0 Å². The third-order valence-electron chi connectivity index (χ3n) is 3.35. The maximum Gasteiger partial charge on any atom is 0.236 e. The third-order valence-corrected chi connectivity index (χ3v) is 3.35. The van der Waals surface area contributed by atoms with Crippen LogP contribution in [0.3, 0.4) is 0 Å². The zero-order valence-electron chi connectivity index (χ0n) is 9.48. The first-order valence-electron chi connectivity index (χ1n) is 5.92. The maximum absolute atomic E-state index is 11.8. The number of amides is 1. The molecule has 1 heterocycles. The number of nitrogens with zero attached hydrogens (tertiary/aromatic N) is 2. The van der Waals surface area contributed by atoms with Crippen molar-refractivity contribution in [2.75, 3.05) is 32.7 Å². The van der Waals surface area contributed by atoms with Gasteiger partial charge in [-0.2, -0.15) is 0 Å². The molecule has 1 saturated heterocycles. The van der Waals surface area contributed by atoms with Crippen LogP contribution in [-0.2, 0) is 4.79 Å². The monoisotopic (exact) mass is 211 g/mol. The van der Waals surface area contributed by atoms with Gasteiger partial charge in [-0.15, -0.1) is 0 Å². The molecule has 1 amide bonds. The highest BCUT2D eigenvalue weighted by Gasteiger charge is 2.34. The van der Waals surface area contributed by atoms with Crippen molar-refractivity contribution < 1.29 is 4.79 Å². The minimum Gasteiger partial charge on any atom is -0.340 e. The minimum absolute atomic E-state index is 0.286. The molecule has 0 bridgehead atoms. The summed E-state index contributed by atoms with van der Waals surface area (Å²) in [6, 6.07) is 0.711. The van der Waals surface area contributed by atoms with Crippen LogP contribution >= 0.6 is 0 Å². The van der Waals surface area contributed by atoms with Crippen molar-refractivity contribution in [3.63, 3.8) is 0 Å². The van der Waals surface area contributed by atoms with Crippen molar-refractivity contribution in [2.45, 2.75) is 25.8 Å². The summed E-state index contributed by atoms with van der Waals surface area (Å²) in [6.45, 7) is 6.15. The van der Waals surface area contributed by atoms with E-state index in [1.54, 1.807) is 0 Å². The molecular weight excluding hydrogens is 190 g/mol. The lowest BCUT2D eigenvalue weighted by atomic mass is 10.1. The summed E-state index contributed by atoms with van der Waals surface area (Å²) >= 11 is 0. The molecule has 2 N–H and O–H groups in total. The molecule has 4 nitrogen and oxygen atoms in total. The van der Waals surface area contributed by atoms with E-state index in [0.717, 1.165) is 19.6 Å². The zero-order valence-corrected chi connectivity index (χ0v) is 9.48. The van der Waals surface area contributed by atoms with Gasteiger partial charge in [0.25, 0.3) is 0 Å². The molecule has 15 heavy (non-hydrogen) atoms. The van der Waals surface area contributed by atoms with E-state index in [-0.39, 0.29) is 5.91 Å². The van der Waals surface area contributed by atoms with Crippen molar-refractivity contribution in [3.05, 3.63) is 0 Å². The Morgan fingerprint density at radius 1 is 1.47 bits per heavy atom. The van der Waals surface area contributed by atoms with Crippen LogP contribution in [0.4, 0.5) is 0 Å². The van der Waals surface area contributed by atoms with Crippen LogP contribution in [0.25, 0.3) is 0 Å². The second-order valence-electron chi connectivity index (χ2n) is 4.88. The van der Waals surface area contributed by atoms with Crippen LogP contribution in [0.15, 0.2) is 0 Å². The van der Waals surface area contributed by atoms with E-state index in [9.17, 15) is 4.79 Å². The van der Waals surface area contributed by atoms with Crippen LogP contribution in [-0.4, -0.2) is 54.5 Å². The normalized spacial score (nSPS) is 25.7. The predicted octanol–water partition coefficient (Wildman–Crippen LogP) is -0.112. The molecule has 4 heteroatoms. The Labute approximate surface area is 91.4 Å². The molecule has 0 aromatic heterocycles. The molecule has 0 aromatic carbocycles. The Kier molecular flexibility index (Phi) is 3.26. The van der Waals surface area contributed by atoms with Crippen LogP contribution in [0.2, 0.25) is 0 Å². The van der Waals surface area contributed by atoms with Gasteiger partial charge < -0.3 is 10.6 Å². The highest BCUT2D eigenvalue weighted by atomic mass is 16.2. The van der Waals surface area contributed by atoms with Crippen LogP contribution in [0, 0.1) is 5.92 Å². The Balaban J connectivity index is 1.81. The van der Waals surface area contributed by atoms with Gasteiger partial charge in [0, 0.05) is 25.7 Å². The summed E-state index contributed by atoms with van der Waals surface area (Å²) in [6.07, 6.45) is 2.57. The fourth-order valence-electron chi connectivity index (χ4n) is 2.12. The lowest BCUT2D eigenvalue weighted by Crippen LogP contribution is -2.52. The van der Waals surface area contributed by atoms with E-state index >= 15 is 0 Å². The first kappa shape index (κ1) is 10.9. The van der Waals surface area contributed by atoms with E-state index in [1.165, 1.54) is 12.8 Å². The summed E-state index contributed by atoms with van der Waals surface area (Å²) in [4.78, 5) is 16.1. The standard InChI is InChI=1S/C11H21N3O/c1-9(6-12)7-14-5-4-13(8-11(14)15)10-2-3-10/h9-10H,2-8,12H2,1H3. The molecule has 1 unspecified atom stereocenters. The van der Waals surface area contributed by atoms with E-state index in [1.807, 2.05) is 4.90 Å². The Bertz CT molecular complexity index is 240. The quantitative estimate of drug-likeness (QED) is 0.706. The van der Waals surface area contributed by atoms with Crippen LogP contribution in [0.1, 0.15) is 19.8 Å². The number of carbonyl (C=O) groups excluding carboxylic acids is 1. The van der Waals surface area contributed by atoms with Crippen molar-refractivity contribution >= 4 is 5.91 Å². The lowest BCUT2D eigenvalue weighted by Gasteiger charge is -2.35. The molecule has 0 aromatic rings. The summed E-state index contributed by atoms with van der Waals surface area (Å²) in [5.41, 5.74) is 5.57. The van der Waals surface area contributed by atoms with Gasteiger partial charge in [0.1, 0.15) is 0 Å². The highest BCUT2D eigenvalue weighted by Crippen LogP contribution is 2.27. The van der Waals surface area contributed by atoms with Crippen molar-refractivity contribution in [1.82, 2.24) is 9.80 Å². The summed E-state index contributed by atoms with van der Waals surface area (Å²) in [7, 11) is 0. The molecule has 0 spiro atoms. The molecule has 2 aliphatic rings. The molecule has 2 rings (SSSR count). The van der Waals surface area contributed by atoms with Crippen molar-refractivity contribution in [3.8, 4) is 0 Å². The molecule has 1 aliphatic heterocycles. The van der Waals surface area contributed by atoms with Gasteiger partial charge in [0.2, 0.25) is 5.91 Å². The first-order valence-corrected chi connectivity index (χ1v) is 5.92. The average molecular weight is 211 g/mol. The fraction of sp³-hybridized carbons (Fsp3) is 0.909. The number of carbonyl (C=O) groups is 1. The maximum atomic E-state index is 11.8. The fourth-order valence-corrected chi connectivity index (χ4v) is 2.12. The number of hydrogen-bond donors (Lipinski definition) is 1. The number of piperazine rings is 1. The highest BCUT2D eigenvalue weighted by molar-refractivity contribution is 5.79. The molecule has 1 aliphatic carbocycles. The first-order chi connectivity index (χ1) is 7.20. The second kappa shape index (κ2) is 4.49. The molecule has 86 valence electrons. The topological polar surface area (TPSA) is 49.6 Å². The Morgan fingerprint density at radius 3 is 2.73 bits per heavy atom. The zero-order chi connectivity index (χ0) is 10.8. The van der Waals surface area contributed by atoms with Gasteiger partial charge in [-0.05, 0) is 25.3 Å². The van der Waals surface area contributed by atoms with Gasteiger partial charge >= 0.3 is 0 Å². The summed E-state index contributed by atoms with van der Waals surface area (Å²) < 4.78 is 0. The van der Waals surface area contributed by atoms with Crippen LogP contribution in [0.5, 0.6) is 0 Å². The molecular formula is C11H21N3O. The average Bonchev–Trinajstić information content (AvgIpc) is 3.04. The number of hydrogen-bond acceptors (Lipinski definition) is 3. The van der Waals surface area contributed by atoms with Gasteiger partial charge in [0.05, 0.1) is 6.54 Å². The van der Waals surface area contributed by atoms with Crippen molar-refractivity contribution in [2.24, 2.45) is 11.7 Å². The minimum atomic E-state index is 0.286. The van der Waals surface area contributed by atoms with E-state index in [2.05, 4.69) is 11.8 Å². The third kappa shape index (κ3) is 2.69. The van der Waals surface area contributed by atoms with Crippen molar-refractivity contribution in [1.29, 1.82) is 0 Å². The second-order valence-corrected chi connectivity index (χ2v) is 4.88. The SMILES string of the molecule is CC(CN)CN1CCN(C2CC2)CC1=O. The van der Waals surface area contributed by atoms with E-state index in [4.69, 9.17) is 5.73 Å². The summed E-state index contributed by atoms with van der Waals surface area (Å²) in [5.74, 6) is 0.704. The molecule has 0 radical (unpaired) electrons. The largest absolute Gasteiger partial charge is 0.340 e. The summed E-state index contributed by atoms with van der Waals surface area (Å²) in [5, 5.41) is 0. The van der Waals surface area contributed by atoms with Gasteiger partial charge in [-0.1, -0.05) is 6.92 Å². The van der Waals surface area contributed by atoms with E-state index < -0.39 is 0 Å². The van der Waals surface area contributed by atoms with Crippen LogP contribution < -0.4 is 5.73 Å². The van der Waals surface area contributed by atoms with Gasteiger partial charge in [-0.3, -0.25) is 9.69 Å². The number of rotatable bonds is 4. The molecule has 1 saturated carbocycles. The predicted molar refractivity (Wildman–Crippen MR) is 59.4 cm³/mol. The smallest absolute Gasteiger partial charge is 0.236 e. The number of nitrogens with two attached hydrogens (primary N) is 1. The molecule has 1 atom stereocenters. The van der Waals surface area contributed by atoms with Gasteiger partial charge in [0.15, 0.2) is 0 Å². The Morgan fingerprint density at radius 2 is 2.20 bits per heavy atom. The Hall–Kier alpha value is -0.610.